The Labute approximate surface area is 130 Å². The molecule has 116 valence electrons. The highest BCUT2D eigenvalue weighted by Crippen LogP contribution is 2.40. The summed E-state index contributed by atoms with van der Waals surface area (Å²) >= 11 is 1.18. The van der Waals surface area contributed by atoms with E-state index >= 15 is 0 Å². The minimum atomic E-state index is -0.136. The van der Waals surface area contributed by atoms with Crippen LogP contribution in [0.25, 0.3) is 0 Å². The summed E-state index contributed by atoms with van der Waals surface area (Å²) in [7, 11) is 0. The van der Waals surface area contributed by atoms with Gasteiger partial charge in [0, 0.05) is 25.4 Å². The third-order valence-corrected chi connectivity index (χ3v) is 4.75. The van der Waals surface area contributed by atoms with Crippen LogP contribution in [0, 0.1) is 12.8 Å². The standard InChI is InChI=1S/C13H15N5O3S/c1-7-14-12(16-21-7)10-4-8-2-3-18(5-11(8)20-10)13(19)9-6-22-17-15-9/h6,8,10-11H,2-5H2,1H3/t8-,10+,11+/m0/s1. The Balaban J connectivity index is 1.44. The second-order valence-electron chi connectivity index (χ2n) is 5.66. The van der Waals surface area contributed by atoms with E-state index in [9.17, 15) is 4.79 Å². The smallest absolute Gasteiger partial charge is 0.275 e. The Hall–Kier alpha value is -1.87. The SMILES string of the molecule is Cc1nc([C@H]2C[C@@H]3CCN(C(=O)c4csnn4)C[C@H]3O2)no1. The second kappa shape index (κ2) is 5.40. The lowest BCUT2D eigenvalue weighted by molar-refractivity contribution is -0.00762. The highest BCUT2D eigenvalue weighted by atomic mass is 32.1. The van der Waals surface area contributed by atoms with Gasteiger partial charge in [0.15, 0.2) is 5.69 Å². The van der Waals surface area contributed by atoms with Crippen LogP contribution in [0.1, 0.15) is 41.1 Å². The van der Waals surface area contributed by atoms with E-state index in [0.717, 1.165) is 19.4 Å². The molecule has 3 atom stereocenters. The maximum Gasteiger partial charge on any atom is 0.275 e. The summed E-state index contributed by atoms with van der Waals surface area (Å²) < 4.78 is 14.8. The van der Waals surface area contributed by atoms with Crippen molar-refractivity contribution in [2.24, 2.45) is 5.92 Å². The highest BCUT2D eigenvalue weighted by Gasteiger charge is 2.42. The summed E-state index contributed by atoms with van der Waals surface area (Å²) in [5.74, 6) is 1.51. The molecule has 0 unspecified atom stereocenters. The van der Waals surface area contributed by atoms with Crippen LogP contribution in [-0.2, 0) is 4.74 Å². The van der Waals surface area contributed by atoms with Gasteiger partial charge in [0.05, 0.1) is 6.10 Å². The van der Waals surface area contributed by atoms with Gasteiger partial charge in [-0.2, -0.15) is 4.98 Å². The first-order chi connectivity index (χ1) is 10.7. The number of piperidine rings is 1. The van der Waals surface area contributed by atoms with Crippen molar-refractivity contribution in [3.05, 3.63) is 22.8 Å². The number of ether oxygens (including phenoxy) is 1. The zero-order valence-electron chi connectivity index (χ0n) is 12.0. The zero-order valence-corrected chi connectivity index (χ0v) is 12.8. The normalized spacial score (nSPS) is 27.9. The van der Waals surface area contributed by atoms with Crippen LogP contribution in [0.5, 0.6) is 0 Å². The van der Waals surface area contributed by atoms with Gasteiger partial charge in [-0.1, -0.05) is 9.64 Å². The van der Waals surface area contributed by atoms with Gasteiger partial charge >= 0.3 is 0 Å². The third kappa shape index (κ3) is 2.40. The van der Waals surface area contributed by atoms with E-state index in [0.29, 0.717) is 29.9 Å². The van der Waals surface area contributed by atoms with Crippen LogP contribution in [0.2, 0.25) is 0 Å². The molecule has 22 heavy (non-hydrogen) atoms. The van der Waals surface area contributed by atoms with Crippen LogP contribution in [0.3, 0.4) is 0 Å². The molecule has 8 nitrogen and oxygen atoms in total. The van der Waals surface area contributed by atoms with E-state index in [1.165, 1.54) is 11.5 Å². The molecule has 0 N–H and O–H groups in total. The van der Waals surface area contributed by atoms with Gasteiger partial charge in [0.1, 0.15) is 6.10 Å². The minimum Gasteiger partial charge on any atom is -0.365 e. The minimum absolute atomic E-state index is 0.0214. The summed E-state index contributed by atoms with van der Waals surface area (Å²) in [6.45, 7) is 3.06. The summed E-state index contributed by atoms with van der Waals surface area (Å²) in [5, 5.41) is 9.46. The summed E-state index contributed by atoms with van der Waals surface area (Å²) in [5.41, 5.74) is 0.409. The van der Waals surface area contributed by atoms with Crippen LogP contribution in [0.15, 0.2) is 9.90 Å². The van der Waals surface area contributed by atoms with Crippen molar-refractivity contribution in [3.8, 4) is 0 Å². The van der Waals surface area contributed by atoms with Crippen molar-refractivity contribution in [2.45, 2.75) is 32.0 Å². The number of hydrogen-bond donors (Lipinski definition) is 0. The average Bonchev–Trinajstić information content (AvgIpc) is 3.25. The largest absolute Gasteiger partial charge is 0.365 e. The highest BCUT2D eigenvalue weighted by molar-refractivity contribution is 7.03. The molecule has 0 bridgehead atoms. The number of carbonyl (C=O) groups excluding carboxylic acids is 1. The quantitative estimate of drug-likeness (QED) is 0.820. The topological polar surface area (TPSA) is 94.2 Å². The van der Waals surface area contributed by atoms with E-state index in [1.807, 2.05) is 0 Å². The third-order valence-electron chi connectivity index (χ3n) is 4.25. The van der Waals surface area contributed by atoms with E-state index in [-0.39, 0.29) is 18.1 Å². The molecule has 4 rings (SSSR count). The van der Waals surface area contributed by atoms with E-state index in [4.69, 9.17) is 9.26 Å². The lowest BCUT2D eigenvalue weighted by atomic mass is 9.91. The number of fused-ring (bicyclic) bond motifs is 1. The average molecular weight is 321 g/mol. The van der Waals surface area contributed by atoms with E-state index in [2.05, 4.69) is 19.7 Å². The predicted octanol–water partition coefficient (Wildman–Crippen LogP) is 1.22. The van der Waals surface area contributed by atoms with Crippen molar-refractivity contribution >= 4 is 17.4 Å². The number of aromatic nitrogens is 4. The monoisotopic (exact) mass is 321 g/mol. The summed E-state index contributed by atoms with van der Waals surface area (Å²) in [6.07, 6.45) is 1.68. The molecule has 1 amide bonds. The molecular formula is C13H15N5O3S. The Kier molecular flexibility index (Phi) is 3.38. The van der Waals surface area contributed by atoms with Gasteiger partial charge < -0.3 is 14.2 Å². The lowest BCUT2D eigenvalue weighted by Gasteiger charge is -2.33. The predicted molar refractivity (Wildman–Crippen MR) is 75.2 cm³/mol. The number of likely N-dealkylation sites (tertiary alicyclic amines) is 1. The van der Waals surface area contributed by atoms with Gasteiger partial charge in [-0.15, -0.1) is 5.10 Å². The Morgan fingerprint density at radius 1 is 1.50 bits per heavy atom. The number of nitrogens with zero attached hydrogens (tertiary/aromatic N) is 5. The Morgan fingerprint density at radius 2 is 2.41 bits per heavy atom. The molecule has 2 aliphatic heterocycles. The molecule has 9 heteroatoms. The van der Waals surface area contributed by atoms with Crippen molar-refractivity contribution in [1.82, 2.24) is 24.6 Å². The molecule has 0 spiro atoms. The molecule has 2 aliphatic rings. The van der Waals surface area contributed by atoms with Crippen molar-refractivity contribution < 1.29 is 14.1 Å². The fourth-order valence-electron chi connectivity index (χ4n) is 3.15. The fourth-order valence-corrected chi connectivity index (χ4v) is 3.58. The lowest BCUT2D eigenvalue weighted by Crippen LogP contribution is -2.45. The molecule has 2 saturated heterocycles. The first-order valence-corrected chi connectivity index (χ1v) is 8.06. The Morgan fingerprint density at radius 3 is 3.14 bits per heavy atom. The molecule has 2 fully saturated rings. The first-order valence-electron chi connectivity index (χ1n) is 7.22. The number of hydrogen-bond acceptors (Lipinski definition) is 8. The number of amides is 1. The van der Waals surface area contributed by atoms with Gasteiger partial charge in [-0.3, -0.25) is 4.79 Å². The van der Waals surface area contributed by atoms with Gasteiger partial charge in [0.25, 0.3) is 5.91 Å². The first kappa shape index (κ1) is 13.8. The maximum atomic E-state index is 12.3. The maximum absolute atomic E-state index is 12.3. The van der Waals surface area contributed by atoms with Crippen LogP contribution < -0.4 is 0 Å². The van der Waals surface area contributed by atoms with Gasteiger partial charge in [-0.25, -0.2) is 0 Å². The molecule has 0 radical (unpaired) electrons. The Bertz CT molecular complexity index is 673. The van der Waals surface area contributed by atoms with Crippen molar-refractivity contribution in [1.29, 1.82) is 0 Å². The van der Waals surface area contributed by atoms with Crippen molar-refractivity contribution in [2.75, 3.05) is 13.1 Å². The molecular weight excluding hydrogens is 306 g/mol. The number of aryl methyl sites for hydroxylation is 1. The van der Waals surface area contributed by atoms with E-state index in [1.54, 1.807) is 17.2 Å². The summed E-state index contributed by atoms with van der Waals surface area (Å²) in [4.78, 5) is 18.4. The molecule has 4 heterocycles. The van der Waals surface area contributed by atoms with Crippen molar-refractivity contribution in [3.63, 3.8) is 0 Å². The molecule has 2 aromatic rings. The van der Waals surface area contributed by atoms with Crippen LogP contribution >= 0.6 is 11.5 Å². The molecule has 0 saturated carbocycles. The second-order valence-corrected chi connectivity index (χ2v) is 6.27. The molecule has 0 aromatic carbocycles. The fraction of sp³-hybridized carbons (Fsp3) is 0.615. The van der Waals surface area contributed by atoms with Gasteiger partial charge in [-0.05, 0) is 30.3 Å². The number of carbonyl (C=O) groups is 1. The molecule has 2 aromatic heterocycles. The zero-order chi connectivity index (χ0) is 15.1. The summed E-state index contributed by atoms with van der Waals surface area (Å²) in [6, 6.07) is 0. The van der Waals surface area contributed by atoms with Crippen LogP contribution in [0.4, 0.5) is 0 Å². The van der Waals surface area contributed by atoms with E-state index < -0.39 is 0 Å². The number of rotatable bonds is 2. The van der Waals surface area contributed by atoms with Crippen LogP contribution in [-0.4, -0.2) is 49.7 Å². The van der Waals surface area contributed by atoms with Gasteiger partial charge in [0.2, 0.25) is 11.7 Å². The molecule has 0 aliphatic carbocycles.